The molecule has 0 spiro atoms. The lowest BCUT2D eigenvalue weighted by molar-refractivity contribution is 0.414. The summed E-state index contributed by atoms with van der Waals surface area (Å²) in [6.45, 7) is 0. The van der Waals surface area contributed by atoms with Crippen LogP contribution in [0.25, 0.3) is 0 Å². The predicted molar refractivity (Wildman–Crippen MR) is 94.5 cm³/mol. The van der Waals surface area contributed by atoms with Gasteiger partial charge in [0.15, 0.2) is 0 Å². The van der Waals surface area contributed by atoms with Crippen LogP contribution < -0.4 is 9.47 Å². The summed E-state index contributed by atoms with van der Waals surface area (Å²) in [4.78, 5) is 0. The molecule has 1 unspecified atom stereocenters. The van der Waals surface area contributed by atoms with Crippen molar-refractivity contribution in [3.05, 3.63) is 72.3 Å². The average molecular weight is 319 g/mol. The van der Waals surface area contributed by atoms with E-state index in [1.54, 1.807) is 14.2 Å². The molecule has 0 heterocycles. The van der Waals surface area contributed by atoms with Gasteiger partial charge in [0, 0.05) is 18.1 Å². The van der Waals surface area contributed by atoms with Crippen LogP contribution >= 0.6 is 0 Å². The highest BCUT2D eigenvalue weighted by Crippen LogP contribution is 2.35. The molecule has 1 radical (unpaired) electrons. The fourth-order valence-electron chi connectivity index (χ4n) is 2.58. The number of hydrogen-bond donors (Lipinski definition) is 0. The molecule has 1 aliphatic rings. The summed E-state index contributed by atoms with van der Waals surface area (Å²) in [5, 5.41) is 8.81. The first kappa shape index (κ1) is 16.0. The summed E-state index contributed by atoms with van der Waals surface area (Å²) in [6, 6.07) is 13.4. The largest absolute Gasteiger partial charge is 0.497 e. The highest BCUT2D eigenvalue weighted by molar-refractivity contribution is 5.54. The van der Waals surface area contributed by atoms with E-state index < -0.39 is 0 Å². The van der Waals surface area contributed by atoms with Crippen LogP contribution in [-0.4, -0.2) is 14.2 Å². The fourth-order valence-corrected chi connectivity index (χ4v) is 2.58. The van der Waals surface area contributed by atoms with E-state index in [2.05, 4.69) is 22.4 Å². The molecule has 0 fully saturated rings. The maximum absolute atomic E-state index is 5.33. The summed E-state index contributed by atoms with van der Waals surface area (Å²) in [5.41, 5.74) is 2.68. The Balaban J connectivity index is 1.93. The van der Waals surface area contributed by atoms with Crippen molar-refractivity contribution in [3.63, 3.8) is 0 Å². The van der Waals surface area contributed by atoms with E-state index in [1.807, 2.05) is 54.6 Å². The molecule has 0 bridgehead atoms. The fraction of sp³-hybridized carbons (Fsp3) is 0.200. The van der Waals surface area contributed by atoms with Gasteiger partial charge in [-0.3, -0.25) is 0 Å². The van der Waals surface area contributed by atoms with Gasteiger partial charge in [-0.25, -0.2) is 0 Å². The zero-order valence-corrected chi connectivity index (χ0v) is 13.8. The number of methoxy groups -OCH3 is 2. The maximum Gasteiger partial charge on any atom is 0.121 e. The lowest BCUT2D eigenvalue weighted by Gasteiger charge is -2.16. The van der Waals surface area contributed by atoms with E-state index in [9.17, 15) is 0 Å². The van der Waals surface area contributed by atoms with E-state index in [4.69, 9.17) is 9.47 Å². The van der Waals surface area contributed by atoms with Gasteiger partial charge in [0.2, 0.25) is 0 Å². The van der Waals surface area contributed by atoms with Crippen LogP contribution in [0.5, 0.6) is 11.5 Å². The molecule has 24 heavy (non-hydrogen) atoms. The standard InChI is InChI=1S/C20H19N2O2/c1-23-17-10-6-9-16(13-17)21-22-20-14-18(24-2)11-12-19(20)15-7-4-3-5-8-15/h4-7,9-15H,8H2,1-2H3/b22-21+. The molecule has 0 amide bonds. The van der Waals surface area contributed by atoms with Gasteiger partial charge in [-0.15, -0.1) is 0 Å². The van der Waals surface area contributed by atoms with E-state index >= 15 is 0 Å². The van der Waals surface area contributed by atoms with Gasteiger partial charge >= 0.3 is 0 Å². The first-order valence-electron chi connectivity index (χ1n) is 7.78. The first-order chi connectivity index (χ1) is 11.8. The summed E-state index contributed by atoms with van der Waals surface area (Å²) in [7, 11) is 3.28. The molecule has 4 nitrogen and oxygen atoms in total. The van der Waals surface area contributed by atoms with Crippen LogP contribution in [-0.2, 0) is 0 Å². The number of allylic oxidation sites excluding steroid dienone is 4. The van der Waals surface area contributed by atoms with Crippen molar-refractivity contribution in [2.45, 2.75) is 12.3 Å². The van der Waals surface area contributed by atoms with Gasteiger partial charge < -0.3 is 9.47 Å². The molecule has 0 aromatic heterocycles. The molecule has 0 aliphatic heterocycles. The zero-order valence-electron chi connectivity index (χ0n) is 13.8. The minimum absolute atomic E-state index is 0.274. The molecule has 2 aromatic carbocycles. The van der Waals surface area contributed by atoms with Gasteiger partial charge in [-0.1, -0.05) is 30.4 Å². The van der Waals surface area contributed by atoms with Crippen LogP contribution in [0, 0.1) is 6.08 Å². The van der Waals surface area contributed by atoms with Crippen LogP contribution in [0.3, 0.4) is 0 Å². The number of azo groups is 1. The number of rotatable bonds is 5. The van der Waals surface area contributed by atoms with E-state index in [-0.39, 0.29) is 5.92 Å². The second kappa shape index (κ2) is 7.59. The smallest absolute Gasteiger partial charge is 0.121 e. The zero-order chi connectivity index (χ0) is 16.8. The quantitative estimate of drug-likeness (QED) is 0.681. The van der Waals surface area contributed by atoms with Gasteiger partial charge in [0.1, 0.15) is 11.5 Å². The summed E-state index contributed by atoms with van der Waals surface area (Å²) < 4.78 is 10.5. The third kappa shape index (κ3) is 3.71. The Morgan fingerprint density at radius 2 is 1.83 bits per heavy atom. The van der Waals surface area contributed by atoms with Crippen LogP contribution in [0.1, 0.15) is 17.9 Å². The van der Waals surface area contributed by atoms with Crippen molar-refractivity contribution in [1.29, 1.82) is 0 Å². The Morgan fingerprint density at radius 3 is 2.58 bits per heavy atom. The molecule has 0 saturated carbocycles. The highest BCUT2D eigenvalue weighted by atomic mass is 16.5. The maximum atomic E-state index is 5.33. The van der Waals surface area contributed by atoms with Crippen molar-refractivity contribution in [1.82, 2.24) is 0 Å². The molecule has 1 aliphatic carbocycles. The van der Waals surface area contributed by atoms with Gasteiger partial charge in [0.05, 0.1) is 25.6 Å². The molecule has 0 N–H and O–H groups in total. The Kier molecular flexibility index (Phi) is 5.06. The number of ether oxygens (including phenoxy) is 2. The number of benzene rings is 2. The topological polar surface area (TPSA) is 43.2 Å². The predicted octanol–water partition coefficient (Wildman–Crippen LogP) is 5.52. The van der Waals surface area contributed by atoms with Crippen LogP contribution in [0.4, 0.5) is 11.4 Å². The highest BCUT2D eigenvalue weighted by Gasteiger charge is 2.14. The molecule has 1 atom stereocenters. The van der Waals surface area contributed by atoms with E-state index in [0.717, 1.165) is 34.9 Å². The molecule has 121 valence electrons. The van der Waals surface area contributed by atoms with Crippen molar-refractivity contribution in [2.24, 2.45) is 10.2 Å². The summed E-state index contributed by atoms with van der Waals surface area (Å²) >= 11 is 0. The lowest BCUT2D eigenvalue weighted by atomic mass is 9.91. The second-order valence-corrected chi connectivity index (χ2v) is 5.40. The van der Waals surface area contributed by atoms with E-state index in [1.165, 1.54) is 0 Å². The third-order valence-electron chi connectivity index (χ3n) is 3.88. The van der Waals surface area contributed by atoms with Crippen molar-refractivity contribution in [3.8, 4) is 11.5 Å². The van der Waals surface area contributed by atoms with Crippen LogP contribution in [0.15, 0.2) is 70.9 Å². The minimum atomic E-state index is 0.274. The average Bonchev–Trinajstić information content (AvgIpc) is 2.67. The Morgan fingerprint density at radius 1 is 1.00 bits per heavy atom. The Hall–Kier alpha value is -2.88. The number of nitrogens with zero attached hydrogens (tertiary/aromatic N) is 2. The molecule has 3 rings (SSSR count). The molecule has 4 heteroatoms. The van der Waals surface area contributed by atoms with Crippen LogP contribution in [0.2, 0.25) is 0 Å². The normalized spacial score (nSPS) is 16.5. The van der Waals surface area contributed by atoms with Gasteiger partial charge in [-0.2, -0.15) is 10.2 Å². The SMILES string of the molecule is COc1cccc(/N=N/c2cc(OC)ccc2C2C=C[C]=CC2)c1. The minimum Gasteiger partial charge on any atom is -0.497 e. The molecule has 2 aromatic rings. The van der Waals surface area contributed by atoms with Crippen molar-refractivity contribution >= 4 is 11.4 Å². The second-order valence-electron chi connectivity index (χ2n) is 5.40. The molecule has 0 saturated heterocycles. The Labute approximate surface area is 142 Å². The molecular formula is C20H19N2O2. The first-order valence-corrected chi connectivity index (χ1v) is 7.78. The molecular weight excluding hydrogens is 300 g/mol. The number of hydrogen-bond acceptors (Lipinski definition) is 4. The van der Waals surface area contributed by atoms with E-state index in [0.29, 0.717) is 0 Å². The summed E-state index contributed by atoms with van der Waals surface area (Å²) in [6.07, 6.45) is 10.1. The third-order valence-corrected chi connectivity index (χ3v) is 3.88. The van der Waals surface area contributed by atoms with Crippen molar-refractivity contribution in [2.75, 3.05) is 14.2 Å². The van der Waals surface area contributed by atoms with Crippen molar-refractivity contribution < 1.29 is 9.47 Å². The lowest BCUT2D eigenvalue weighted by Crippen LogP contribution is -1.97. The summed E-state index contributed by atoms with van der Waals surface area (Å²) in [5.74, 6) is 1.80. The van der Waals surface area contributed by atoms with Gasteiger partial charge in [0.25, 0.3) is 0 Å². The monoisotopic (exact) mass is 319 g/mol. The Bertz CT molecular complexity index is 794. The van der Waals surface area contributed by atoms with Gasteiger partial charge in [-0.05, 0) is 36.3 Å².